The molecule has 0 aliphatic heterocycles. The standard InChI is InChI=1S/C22H40N6O/c1-6-7-13-29-19-14-18(22(19,3)4)25-21(24-17-11-9-8-10-12-17)23-15-20-27-26-16(2)28(20)5/h17-19H,6-15H2,1-5H3,(H2,23,24,25). The molecular formula is C22H40N6O. The molecule has 164 valence electrons. The van der Waals surface area contributed by atoms with Gasteiger partial charge in [-0.1, -0.05) is 46.5 Å². The Morgan fingerprint density at radius 1 is 1.21 bits per heavy atom. The van der Waals surface area contributed by atoms with Gasteiger partial charge in [0.25, 0.3) is 0 Å². The highest BCUT2D eigenvalue weighted by molar-refractivity contribution is 5.80. The van der Waals surface area contributed by atoms with Gasteiger partial charge in [-0.05, 0) is 32.6 Å². The Kier molecular flexibility index (Phi) is 7.55. The van der Waals surface area contributed by atoms with Gasteiger partial charge in [0.05, 0.1) is 6.10 Å². The Morgan fingerprint density at radius 3 is 2.59 bits per heavy atom. The van der Waals surface area contributed by atoms with Crippen LogP contribution >= 0.6 is 0 Å². The van der Waals surface area contributed by atoms with E-state index in [1.54, 1.807) is 0 Å². The van der Waals surface area contributed by atoms with E-state index in [2.05, 4.69) is 41.6 Å². The van der Waals surface area contributed by atoms with Crippen LogP contribution in [-0.2, 0) is 18.3 Å². The van der Waals surface area contributed by atoms with E-state index < -0.39 is 0 Å². The first-order valence-corrected chi connectivity index (χ1v) is 11.5. The Hall–Kier alpha value is -1.63. The fourth-order valence-corrected chi connectivity index (χ4v) is 4.26. The molecule has 0 spiro atoms. The van der Waals surface area contributed by atoms with Gasteiger partial charge in [-0.15, -0.1) is 10.2 Å². The Bertz CT molecular complexity index is 677. The molecule has 0 saturated heterocycles. The van der Waals surface area contributed by atoms with E-state index in [0.717, 1.165) is 37.1 Å². The highest BCUT2D eigenvalue weighted by Crippen LogP contribution is 2.42. The van der Waals surface area contributed by atoms with E-state index in [0.29, 0.717) is 24.7 Å². The predicted octanol–water partition coefficient (Wildman–Crippen LogP) is 3.48. The number of rotatable bonds is 8. The molecule has 2 aliphatic carbocycles. The minimum Gasteiger partial charge on any atom is -0.378 e. The molecule has 0 aromatic carbocycles. The SMILES string of the molecule is CCCCOC1CC(NC(=NCc2nnc(C)n2C)NC2CCCCC2)C1(C)C. The second kappa shape index (κ2) is 9.92. The molecule has 7 nitrogen and oxygen atoms in total. The van der Waals surface area contributed by atoms with Crippen LogP contribution in [0, 0.1) is 12.3 Å². The summed E-state index contributed by atoms with van der Waals surface area (Å²) in [6.45, 7) is 10.2. The van der Waals surface area contributed by atoms with Crippen molar-refractivity contribution in [2.45, 2.75) is 104 Å². The third kappa shape index (κ3) is 5.50. The first-order chi connectivity index (χ1) is 13.9. The lowest BCUT2D eigenvalue weighted by Crippen LogP contribution is -2.64. The number of hydrogen-bond acceptors (Lipinski definition) is 4. The molecule has 2 aliphatic rings. The lowest BCUT2D eigenvalue weighted by molar-refractivity contribution is -0.113. The Morgan fingerprint density at radius 2 is 1.97 bits per heavy atom. The van der Waals surface area contributed by atoms with Crippen LogP contribution in [0.3, 0.4) is 0 Å². The van der Waals surface area contributed by atoms with Gasteiger partial charge in [-0.25, -0.2) is 4.99 Å². The van der Waals surface area contributed by atoms with Crippen LogP contribution < -0.4 is 10.6 Å². The fraction of sp³-hybridized carbons (Fsp3) is 0.864. The molecule has 1 heterocycles. The van der Waals surface area contributed by atoms with Gasteiger partial charge < -0.3 is 19.9 Å². The van der Waals surface area contributed by atoms with Gasteiger partial charge >= 0.3 is 0 Å². The monoisotopic (exact) mass is 404 g/mol. The number of nitrogens with zero attached hydrogens (tertiary/aromatic N) is 4. The smallest absolute Gasteiger partial charge is 0.192 e. The second-order valence-electron chi connectivity index (χ2n) is 9.33. The number of aryl methyl sites for hydroxylation is 1. The van der Waals surface area contributed by atoms with Crippen molar-refractivity contribution in [3.05, 3.63) is 11.6 Å². The molecule has 2 saturated carbocycles. The molecule has 1 aromatic rings. The Labute approximate surface area is 176 Å². The third-order valence-electron chi connectivity index (χ3n) is 6.81. The summed E-state index contributed by atoms with van der Waals surface area (Å²) in [7, 11) is 2.00. The van der Waals surface area contributed by atoms with Gasteiger partial charge in [0, 0.05) is 31.2 Å². The zero-order valence-corrected chi connectivity index (χ0v) is 19.0. The minimum atomic E-state index is 0.101. The van der Waals surface area contributed by atoms with Crippen LogP contribution in [0.2, 0.25) is 0 Å². The van der Waals surface area contributed by atoms with E-state index in [4.69, 9.17) is 9.73 Å². The molecule has 2 unspecified atom stereocenters. The summed E-state index contributed by atoms with van der Waals surface area (Å²) in [4.78, 5) is 4.88. The van der Waals surface area contributed by atoms with Crippen LogP contribution in [0.4, 0.5) is 0 Å². The molecule has 0 bridgehead atoms. The first kappa shape index (κ1) is 22.1. The summed E-state index contributed by atoms with van der Waals surface area (Å²) < 4.78 is 8.13. The van der Waals surface area contributed by atoms with Crippen LogP contribution in [0.1, 0.15) is 83.8 Å². The summed E-state index contributed by atoms with van der Waals surface area (Å²) in [6.07, 6.45) is 10.1. The van der Waals surface area contributed by atoms with Crippen molar-refractivity contribution >= 4 is 5.96 Å². The molecule has 0 radical (unpaired) electrons. The average Bonchev–Trinajstić information content (AvgIpc) is 3.03. The van der Waals surface area contributed by atoms with Crippen LogP contribution in [0.15, 0.2) is 4.99 Å². The summed E-state index contributed by atoms with van der Waals surface area (Å²) in [6, 6.07) is 0.876. The summed E-state index contributed by atoms with van der Waals surface area (Å²) in [5, 5.41) is 15.8. The molecule has 7 heteroatoms. The van der Waals surface area contributed by atoms with Gasteiger partial charge in [0.2, 0.25) is 0 Å². The molecule has 2 fully saturated rings. The molecule has 1 aromatic heterocycles. The van der Waals surface area contributed by atoms with E-state index in [-0.39, 0.29) is 5.41 Å². The maximum atomic E-state index is 6.12. The zero-order chi connectivity index (χ0) is 20.9. The number of unbranched alkanes of at least 4 members (excludes halogenated alkanes) is 1. The summed E-state index contributed by atoms with van der Waals surface area (Å²) >= 11 is 0. The second-order valence-corrected chi connectivity index (χ2v) is 9.33. The number of aliphatic imine (C=N–C) groups is 1. The first-order valence-electron chi connectivity index (χ1n) is 11.5. The number of guanidine groups is 1. The topological polar surface area (TPSA) is 76.4 Å². The van der Waals surface area contributed by atoms with Gasteiger partial charge in [0.1, 0.15) is 12.4 Å². The van der Waals surface area contributed by atoms with E-state index >= 15 is 0 Å². The minimum absolute atomic E-state index is 0.101. The predicted molar refractivity (Wildman–Crippen MR) is 117 cm³/mol. The van der Waals surface area contributed by atoms with Crippen molar-refractivity contribution in [1.29, 1.82) is 0 Å². The van der Waals surface area contributed by atoms with Gasteiger partial charge in [0.15, 0.2) is 11.8 Å². The van der Waals surface area contributed by atoms with Crippen molar-refractivity contribution in [3.63, 3.8) is 0 Å². The number of nitrogens with one attached hydrogen (secondary N) is 2. The quantitative estimate of drug-likeness (QED) is 0.394. The van der Waals surface area contributed by atoms with Crippen molar-refractivity contribution in [2.24, 2.45) is 17.5 Å². The summed E-state index contributed by atoms with van der Waals surface area (Å²) in [5.41, 5.74) is 0.101. The molecule has 29 heavy (non-hydrogen) atoms. The number of hydrogen-bond donors (Lipinski definition) is 2. The Balaban J connectivity index is 1.63. The summed E-state index contributed by atoms with van der Waals surface area (Å²) in [5.74, 6) is 2.71. The molecule has 3 rings (SSSR count). The molecule has 2 atom stereocenters. The van der Waals surface area contributed by atoms with Crippen molar-refractivity contribution in [2.75, 3.05) is 6.61 Å². The third-order valence-corrected chi connectivity index (χ3v) is 6.81. The molecule has 2 N–H and O–H groups in total. The van der Waals surface area contributed by atoms with Crippen molar-refractivity contribution < 1.29 is 4.74 Å². The van der Waals surface area contributed by atoms with Crippen molar-refractivity contribution in [3.8, 4) is 0 Å². The lowest BCUT2D eigenvalue weighted by Gasteiger charge is -2.52. The van der Waals surface area contributed by atoms with Crippen molar-refractivity contribution in [1.82, 2.24) is 25.4 Å². The molecule has 0 amide bonds. The van der Waals surface area contributed by atoms with Crippen LogP contribution in [-0.4, -0.2) is 45.5 Å². The fourth-order valence-electron chi connectivity index (χ4n) is 4.26. The number of ether oxygens (including phenoxy) is 1. The van der Waals surface area contributed by atoms with E-state index in [9.17, 15) is 0 Å². The maximum absolute atomic E-state index is 6.12. The highest BCUT2D eigenvalue weighted by Gasteiger charge is 2.49. The average molecular weight is 405 g/mol. The normalized spacial score (nSPS) is 24.9. The lowest BCUT2D eigenvalue weighted by atomic mass is 9.64. The van der Waals surface area contributed by atoms with E-state index in [1.165, 1.54) is 38.5 Å². The molecular weight excluding hydrogens is 364 g/mol. The number of aromatic nitrogens is 3. The van der Waals surface area contributed by atoms with Crippen LogP contribution in [0.5, 0.6) is 0 Å². The largest absolute Gasteiger partial charge is 0.378 e. The highest BCUT2D eigenvalue weighted by atomic mass is 16.5. The maximum Gasteiger partial charge on any atom is 0.192 e. The van der Waals surface area contributed by atoms with E-state index in [1.807, 2.05) is 18.5 Å². The van der Waals surface area contributed by atoms with Crippen LogP contribution in [0.25, 0.3) is 0 Å². The zero-order valence-electron chi connectivity index (χ0n) is 19.0. The van der Waals surface area contributed by atoms with Gasteiger partial charge in [-0.3, -0.25) is 0 Å². The van der Waals surface area contributed by atoms with Gasteiger partial charge in [-0.2, -0.15) is 0 Å².